The van der Waals surface area contributed by atoms with Gasteiger partial charge < -0.3 is 5.32 Å². The molecule has 1 amide bonds. The topological polar surface area (TPSA) is 75.3 Å². The molecule has 126 valence electrons. The van der Waals surface area contributed by atoms with Gasteiger partial charge in [0.25, 0.3) is 0 Å². The van der Waals surface area contributed by atoms with Gasteiger partial charge in [-0.3, -0.25) is 9.52 Å². The Hall–Kier alpha value is -2.02. The van der Waals surface area contributed by atoms with Crippen LogP contribution >= 0.6 is 23.2 Å². The number of benzene rings is 2. The van der Waals surface area contributed by atoms with Crippen LogP contribution in [0.15, 0.2) is 48.5 Å². The zero-order valence-electron chi connectivity index (χ0n) is 12.6. The number of para-hydroxylation sites is 2. The molecular weight excluding hydrogens is 371 g/mol. The number of anilines is 2. The maximum Gasteiger partial charge on any atom is 0.248 e. The first-order chi connectivity index (χ1) is 11.2. The van der Waals surface area contributed by atoms with Crippen molar-refractivity contribution in [1.82, 2.24) is 0 Å². The number of amides is 1. The number of sulfonamides is 1. The molecule has 0 unspecified atom stereocenters. The Morgan fingerprint density at radius 1 is 1.04 bits per heavy atom. The highest BCUT2D eigenvalue weighted by molar-refractivity contribution is 7.92. The molecule has 0 radical (unpaired) electrons. The summed E-state index contributed by atoms with van der Waals surface area (Å²) in [7, 11) is -3.45. The standard InChI is InChI=1S/C16H14Cl2N2O3S/c1-24(22,23)20-15-5-3-2-4-14(15)19-16(21)9-7-11-6-8-12(17)13(18)10-11/h2-10,20H,1H3,(H,19,21)/b9-7+. The summed E-state index contributed by atoms with van der Waals surface area (Å²) in [4.78, 5) is 12.0. The SMILES string of the molecule is CS(=O)(=O)Nc1ccccc1NC(=O)/C=C/c1ccc(Cl)c(Cl)c1. The molecule has 2 aromatic rings. The number of carbonyl (C=O) groups is 1. The van der Waals surface area contributed by atoms with E-state index in [2.05, 4.69) is 10.0 Å². The average molecular weight is 385 g/mol. The van der Waals surface area contributed by atoms with Crippen molar-refractivity contribution >= 4 is 56.6 Å². The molecule has 0 atom stereocenters. The number of hydrogen-bond acceptors (Lipinski definition) is 3. The van der Waals surface area contributed by atoms with Crippen LogP contribution in [0.2, 0.25) is 10.0 Å². The van der Waals surface area contributed by atoms with E-state index in [1.54, 1.807) is 48.5 Å². The monoisotopic (exact) mass is 384 g/mol. The Balaban J connectivity index is 2.12. The molecule has 0 aliphatic carbocycles. The molecule has 0 saturated heterocycles. The number of carbonyl (C=O) groups excluding carboxylic acids is 1. The van der Waals surface area contributed by atoms with Crippen LogP contribution in [0, 0.1) is 0 Å². The lowest BCUT2D eigenvalue weighted by molar-refractivity contribution is -0.111. The van der Waals surface area contributed by atoms with E-state index in [9.17, 15) is 13.2 Å². The molecule has 2 aromatic carbocycles. The minimum atomic E-state index is -3.45. The first kappa shape index (κ1) is 18.3. The Morgan fingerprint density at radius 2 is 1.71 bits per heavy atom. The second-order valence-corrected chi connectivity index (χ2v) is 7.48. The van der Waals surface area contributed by atoms with E-state index in [4.69, 9.17) is 23.2 Å². The van der Waals surface area contributed by atoms with Crippen LogP contribution in [0.5, 0.6) is 0 Å². The Bertz CT molecular complexity index is 896. The quantitative estimate of drug-likeness (QED) is 0.764. The fourth-order valence-corrected chi connectivity index (χ4v) is 2.73. The summed E-state index contributed by atoms with van der Waals surface area (Å²) in [6.07, 6.45) is 3.93. The predicted octanol–water partition coefficient (Wildman–Crippen LogP) is 4.02. The molecule has 0 heterocycles. The Morgan fingerprint density at radius 3 is 2.33 bits per heavy atom. The third-order valence-corrected chi connectivity index (χ3v) is 4.18. The first-order valence-electron chi connectivity index (χ1n) is 6.75. The fraction of sp³-hybridized carbons (Fsp3) is 0.0625. The van der Waals surface area contributed by atoms with Gasteiger partial charge in [0.1, 0.15) is 0 Å². The van der Waals surface area contributed by atoms with E-state index < -0.39 is 15.9 Å². The summed E-state index contributed by atoms with van der Waals surface area (Å²) in [6.45, 7) is 0. The van der Waals surface area contributed by atoms with Crippen LogP contribution < -0.4 is 10.0 Å². The van der Waals surface area contributed by atoms with Gasteiger partial charge in [-0.05, 0) is 35.9 Å². The number of hydrogen-bond donors (Lipinski definition) is 2. The maximum absolute atomic E-state index is 12.0. The van der Waals surface area contributed by atoms with Crippen molar-refractivity contribution in [3.8, 4) is 0 Å². The molecular formula is C16H14Cl2N2O3S. The van der Waals surface area contributed by atoms with E-state index in [-0.39, 0.29) is 5.69 Å². The van der Waals surface area contributed by atoms with Crippen molar-refractivity contribution in [3.63, 3.8) is 0 Å². The molecule has 2 rings (SSSR count). The van der Waals surface area contributed by atoms with Gasteiger partial charge in [-0.15, -0.1) is 0 Å². The average Bonchev–Trinajstić information content (AvgIpc) is 2.49. The van der Waals surface area contributed by atoms with E-state index in [1.165, 1.54) is 6.08 Å². The molecule has 0 fully saturated rings. The minimum Gasteiger partial charge on any atom is -0.321 e. The molecule has 5 nitrogen and oxygen atoms in total. The van der Waals surface area contributed by atoms with Crippen molar-refractivity contribution in [2.45, 2.75) is 0 Å². The van der Waals surface area contributed by atoms with Crippen molar-refractivity contribution in [1.29, 1.82) is 0 Å². The number of nitrogens with one attached hydrogen (secondary N) is 2. The van der Waals surface area contributed by atoms with E-state index in [0.29, 0.717) is 21.3 Å². The van der Waals surface area contributed by atoms with Crippen molar-refractivity contribution < 1.29 is 13.2 Å². The zero-order chi connectivity index (χ0) is 17.7. The smallest absolute Gasteiger partial charge is 0.248 e. The van der Waals surface area contributed by atoms with Gasteiger partial charge in [-0.25, -0.2) is 8.42 Å². The second-order valence-electron chi connectivity index (χ2n) is 4.92. The van der Waals surface area contributed by atoms with Crippen LogP contribution in [0.25, 0.3) is 6.08 Å². The maximum atomic E-state index is 12.0. The van der Waals surface area contributed by atoms with E-state index in [0.717, 1.165) is 6.26 Å². The van der Waals surface area contributed by atoms with Crippen LogP contribution in [-0.2, 0) is 14.8 Å². The molecule has 0 aromatic heterocycles. The zero-order valence-corrected chi connectivity index (χ0v) is 14.9. The van der Waals surface area contributed by atoms with E-state index >= 15 is 0 Å². The third kappa shape index (κ3) is 5.56. The van der Waals surface area contributed by atoms with Gasteiger partial charge in [0.2, 0.25) is 15.9 Å². The van der Waals surface area contributed by atoms with Gasteiger partial charge in [0.05, 0.1) is 27.7 Å². The number of rotatable bonds is 5. The van der Waals surface area contributed by atoms with Crippen LogP contribution in [0.3, 0.4) is 0 Å². The van der Waals surface area contributed by atoms with Crippen molar-refractivity contribution in [2.24, 2.45) is 0 Å². The van der Waals surface area contributed by atoms with E-state index in [1.807, 2.05) is 0 Å². The number of halogens is 2. The molecule has 8 heteroatoms. The molecule has 0 bridgehead atoms. The Kier molecular flexibility index (Phi) is 5.88. The van der Waals surface area contributed by atoms with Crippen LogP contribution in [-0.4, -0.2) is 20.6 Å². The van der Waals surface area contributed by atoms with Crippen molar-refractivity contribution in [3.05, 3.63) is 64.1 Å². The lowest BCUT2D eigenvalue weighted by atomic mass is 10.2. The highest BCUT2D eigenvalue weighted by Gasteiger charge is 2.08. The van der Waals surface area contributed by atoms with Crippen LogP contribution in [0.1, 0.15) is 5.56 Å². The van der Waals surface area contributed by atoms with Gasteiger partial charge in [0.15, 0.2) is 0 Å². The fourth-order valence-electron chi connectivity index (χ4n) is 1.84. The van der Waals surface area contributed by atoms with Gasteiger partial charge in [-0.2, -0.15) is 0 Å². The summed E-state index contributed by atoms with van der Waals surface area (Å²) in [6, 6.07) is 11.5. The summed E-state index contributed by atoms with van der Waals surface area (Å²) in [5.41, 5.74) is 1.35. The summed E-state index contributed by atoms with van der Waals surface area (Å²) >= 11 is 11.7. The lowest BCUT2D eigenvalue weighted by Crippen LogP contribution is -2.14. The molecule has 2 N–H and O–H groups in total. The van der Waals surface area contributed by atoms with Crippen LogP contribution in [0.4, 0.5) is 11.4 Å². The normalized spacial score (nSPS) is 11.5. The molecule has 0 aliphatic rings. The lowest BCUT2D eigenvalue weighted by Gasteiger charge is -2.10. The van der Waals surface area contributed by atoms with Gasteiger partial charge in [-0.1, -0.05) is 41.4 Å². The highest BCUT2D eigenvalue weighted by atomic mass is 35.5. The molecule has 0 aliphatic heterocycles. The largest absolute Gasteiger partial charge is 0.321 e. The first-order valence-corrected chi connectivity index (χ1v) is 9.40. The van der Waals surface area contributed by atoms with Gasteiger partial charge in [0, 0.05) is 6.08 Å². The summed E-state index contributed by atoms with van der Waals surface area (Å²) < 4.78 is 25.0. The minimum absolute atomic E-state index is 0.288. The summed E-state index contributed by atoms with van der Waals surface area (Å²) in [5.74, 6) is -0.413. The highest BCUT2D eigenvalue weighted by Crippen LogP contribution is 2.24. The third-order valence-electron chi connectivity index (χ3n) is 2.85. The molecule has 0 spiro atoms. The summed E-state index contributed by atoms with van der Waals surface area (Å²) in [5, 5.41) is 3.44. The molecule has 0 saturated carbocycles. The molecule has 24 heavy (non-hydrogen) atoms. The Labute approximate surface area is 150 Å². The predicted molar refractivity (Wildman–Crippen MR) is 99.0 cm³/mol. The second kappa shape index (κ2) is 7.70. The van der Waals surface area contributed by atoms with Crippen molar-refractivity contribution in [2.75, 3.05) is 16.3 Å². The van der Waals surface area contributed by atoms with Gasteiger partial charge >= 0.3 is 0 Å².